The molecule has 0 bridgehead atoms. The number of hydrogen-bond donors (Lipinski definition) is 0. The van der Waals surface area contributed by atoms with Crippen LogP contribution in [-0.2, 0) is 34.8 Å². The maximum atomic E-state index is 13.7. The molecule has 2 aliphatic rings. The zero-order valence-electron chi connectivity index (χ0n) is 25.4. The smallest absolute Gasteiger partial charge is 0.355 e. The van der Waals surface area contributed by atoms with Crippen molar-refractivity contribution < 1.29 is 33.0 Å². The number of allylic oxidation sites excluding steroid dienone is 1. The lowest BCUT2D eigenvalue weighted by molar-refractivity contribution is -0.163. The van der Waals surface area contributed by atoms with Crippen molar-refractivity contribution in [3.63, 3.8) is 0 Å². The van der Waals surface area contributed by atoms with Crippen LogP contribution in [0, 0.1) is 11.8 Å². The zero-order valence-corrected chi connectivity index (χ0v) is 26.4. The van der Waals surface area contributed by atoms with E-state index in [4.69, 9.17) is 23.4 Å². The first kappa shape index (κ1) is 32.1. The molecule has 1 amide bonds. The van der Waals surface area contributed by atoms with Crippen LogP contribution >= 0.6 is 0 Å². The molecule has 2 aliphatic heterocycles. The highest BCUT2D eigenvalue weighted by Gasteiger charge is 2.60. The van der Waals surface area contributed by atoms with Gasteiger partial charge in [0.1, 0.15) is 18.1 Å². The molecule has 0 unspecified atom stereocenters. The van der Waals surface area contributed by atoms with Crippen molar-refractivity contribution >= 4 is 20.2 Å². The standard InChI is InChI=1S/C31H47NO7Si/c1-9-36-26(37-10-2)19-18-25-21(6)28-27(22(7)39-40(11-3,12-4)13-5)30(33)32(28)29(25)31(34)38-20-23-14-16-24(35-8)17-15-23/h14-19,21-22,26-28H,9-13,20H2,1-8H3/b19-18+/t21-,22+,27+,28+/m0/s1. The molecule has 1 saturated heterocycles. The second kappa shape index (κ2) is 14.4. The molecule has 1 fully saturated rings. The molecule has 0 saturated carbocycles. The van der Waals surface area contributed by atoms with E-state index in [2.05, 4.69) is 27.7 Å². The van der Waals surface area contributed by atoms with Gasteiger partial charge in [-0.05, 0) is 68.2 Å². The maximum absolute atomic E-state index is 13.7. The number of rotatable bonds is 16. The van der Waals surface area contributed by atoms with Crippen molar-refractivity contribution in [2.24, 2.45) is 11.8 Å². The van der Waals surface area contributed by atoms with Crippen molar-refractivity contribution in [3.05, 3.63) is 53.3 Å². The molecule has 9 heteroatoms. The third kappa shape index (κ3) is 6.70. The molecule has 0 N–H and O–H groups in total. The Kier molecular flexibility index (Phi) is 11.6. The Balaban J connectivity index is 1.89. The summed E-state index contributed by atoms with van der Waals surface area (Å²) in [6, 6.07) is 10.2. The molecule has 0 spiro atoms. The number of benzene rings is 1. The molecule has 0 radical (unpaired) electrons. The van der Waals surface area contributed by atoms with Gasteiger partial charge < -0.3 is 28.3 Å². The van der Waals surface area contributed by atoms with Crippen molar-refractivity contribution in [1.82, 2.24) is 4.90 Å². The van der Waals surface area contributed by atoms with Gasteiger partial charge in [0.25, 0.3) is 0 Å². The number of amides is 1. The van der Waals surface area contributed by atoms with Gasteiger partial charge in [-0.2, -0.15) is 0 Å². The minimum Gasteiger partial charge on any atom is -0.497 e. The molecule has 1 aromatic carbocycles. The van der Waals surface area contributed by atoms with Gasteiger partial charge >= 0.3 is 5.97 Å². The highest BCUT2D eigenvalue weighted by Crippen LogP contribution is 2.49. The Morgan fingerprint density at radius 3 is 2.15 bits per heavy atom. The highest BCUT2D eigenvalue weighted by atomic mass is 28.4. The largest absolute Gasteiger partial charge is 0.497 e. The van der Waals surface area contributed by atoms with Crippen LogP contribution in [0.15, 0.2) is 47.7 Å². The van der Waals surface area contributed by atoms with Crippen LogP contribution in [0.1, 0.15) is 54.0 Å². The third-order valence-electron chi connectivity index (χ3n) is 8.40. The Hall–Kier alpha value is -2.46. The summed E-state index contributed by atoms with van der Waals surface area (Å²) in [6.07, 6.45) is 2.91. The first-order valence-corrected chi connectivity index (χ1v) is 17.2. The summed E-state index contributed by atoms with van der Waals surface area (Å²) in [6.45, 7) is 15.5. The van der Waals surface area contributed by atoms with E-state index in [1.165, 1.54) is 0 Å². The fourth-order valence-corrected chi connectivity index (χ4v) is 8.80. The lowest BCUT2D eigenvalue weighted by Crippen LogP contribution is -2.65. The number of carbonyl (C=O) groups is 2. The molecular weight excluding hydrogens is 526 g/mol. The number of methoxy groups -OCH3 is 1. The number of ether oxygens (including phenoxy) is 4. The SMILES string of the molecule is CCOC(/C=C/C1=C(C(=O)OCc2ccc(OC)cc2)N2C(=O)[C@H]([C@@H](C)O[Si](CC)(CC)CC)[C@H]2[C@H]1C)OCC. The van der Waals surface area contributed by atoms with Gasteiger partial charge in [0.05, 0.1) is 25.2 Å². The van der Waals surface area contributed by atoms with Gasteiger partial charge in [-0.25, -0.2) is 4.79 Å². The predicted molar refractivity (Wildman–Crippen MR) is 157 cm³/mol. The fraction of sp³-hybridized carbons (Fsp3) is 0.613. The van der Waals surface area contributed by atoms with Crippen LogP contribution in [0.5, 0.6) is 5.75 Å². The van der Waals surface area contributed by atoms with Gasteiger partial charge in [-0.3, -0.25) is 4.79 Å². The number of hydrogen-bond acceptors (Lipinski definition) is 7. The van der Waals surface area contributed by atoms with Crippen LogP contribution in [0.3, 0.4) is 0 Å². The summed E-state index contributed by atoms with van der Waals surface area (Å²) in [5, 5.41) is 0. The average molecular weight is 574 g/mol. The fourth-order valence-electron chi connectivity index (χ4n) is 5.87. The van der Waals surface area contributed by atoms with Gasteiger partial charge in [-0.1, -0.05) is 45.9 Å². The molecule has 0 aliphatic carbocycles. The first-order valence-electron chi connectivity index (χ1n) is 14.7. The molecule has 222 valence electrons. The molecule has 0 aromatic heterocycles. The molecule has 4 atom stereocenters. The van der Waals surface area contributed by atoms with E-state index in [-0.39, 0.29) is 36.5 Å². The van der Waals surface area contributed by atoms with Crippen molar-refractivity contribution in [3.8, 4) is 5.75 Å². The van der Waals surface area contributed by atoms with E-state index in [0.29, 0.717) is 18.9 Å². The summed E-state index contributed by atoms with van der Waals surface area (Å²) >= 11 is 0. The number of β-lactam (4-membered cyclic amide) rings is 1. The summed E-state index contributed by atoms with van der Waals surface area (Å²) in [4.78, 5) is 28.8. The minimum absolute atomic E-state index is 0.0819. The average Bonchev–Trinajstić information content (AvgIpc) is 3.21. The van der Waals surface area contributed by atoms with Crippen molar-refractivity contribution in [1.29, 1.82) is 0 Å². The minimum atomic E-state index is -1.91. The third-order valence-corrected chi connectivity index (χ3v) is 13.1. The molecule has 3 rings (SSSR count). The zero-order chi connectivity index (χ0) is 29.4. The van der Waals surface area contributed by atoms with Gasteiger partial charge in [-0.15, -0.1) is 0 Å². The summed E-state index contributed by atoms with van der Waals surface area (Å²) in [5.74, 6) is -0.268. The number of fused-ring (bicyclic) bond motifs is 1. The van der Waals surface area contributed by atoms with Crippen LogP contribution in [0.25, 0.3) is 0 Å². The Morgan fingerprint density at radius 2 is 1.62 bits per heavy atom. The van der Waals surface area contributed by atoms with Gasteiger partial charge in [0.2, 0.25) is 5.91 Å². The second-order valence-corrected chi connectivity index (χ2v) is 15.2. The first-order chi connectivity index (χ1) is 19.2. The molecule has 1 aromatic rings. The van der Waals surface area contributed by atoms with E-state index >= 15 is 0 Å². The summed E-state index contributed by atoms with van der Waals surface area (Å²) in [7, 11) is -0.309. The Bertz CT molecular complexity index is 1050. The number of nitrogens with zero attached hydrogens (tertiary/aromatic N) is 1. The van der Waals surface area contributed by atoms with E-state index in [1.54, 1.807) is 12.0 Å². The van der Waals surface area contributed by atoms with E-state index in [0.717, 1.165) is 35.0 Å². The maximum Gasteiger partial charge on any atom is 0.355 e. The number of carbonyl (C=O) groups excluding carboxylic acids is 2. The normalized spacial score (nSPS) is 21.7. The van der Waals surface area contributed by atoms with Crippen molar-refractivity contribution in [2.75, 3.05) is 20.3 Å². The lowest BCUT2D eigenvalue weighted by Gasteiger charge is -2.49. The van der Waals surface area contributed by atoms with Crippen LogP contribution < -0.4 is 4.74 Å². The van der Waals surface area contributed by atoms with Crippen LogP contribution in [0.2, 0.25) is 18.1 Å². The Morgan fingerprint density at radius 1 is 1.02 bits per heavy atom. The predicted octanol–water partition coefficient (Wildman–Crippen LogP) is 5.83. The molecule has 2 heterocycles. The number of esters is 1. The quantitative estimate of drug-likeness (QED) is 0.106. The highest BCUT2D eigenvalue weighted by molar-refractivity contribution is 6.73. The summed E-state index contributed by atoms with van der Waals surface area (Å²) in [5.41, 5.74) is 1.88. The topological polar surface area (TPSA) is 83.5 Å². The van der Waals surface area contributed by atoms with Crippen LogP contribution in [-0.4, -0.2) is 63.9 Å². The van der Waals surface area contributed by atoms with Gasteiger partial charge in [0, 0.05) is 19.1 Å². The second-order valence-electron chi connectivity index (χ2n) is 10.4. The molecule has 40 heavy (non-hydrogen) atoms. The van der Waals surface area contributed by atoms with Crippen molar-refractivity contribution in [2.45, 2.75) is 91.6 Å². The summed E-state index contributed by atoms with van der Waals surface area (Å²) < 4.78 is 29.0. The van der Waals surface area contributed by atoms with E-state index in [1.807, 2.05) is 57.2 Å². The Labute approximate surface area is 240 Å². The van der Waals surface area contributed by atoms with Gasteiger partial charge in [0.15, 0.2) is 14.6 Å². The lowest BCUT2D eigenvalue weighted by atomic mass is 9.77. The molecule has 8 nitrogen and oxygen atoms in total. The van der Waals surface area contributed by atoms with E-state index in [9.17, 15) is 9.59 Å². The van der Waals surface area contributed by atoms with Crippen LogP contribution in [0.4, 0.5) is 0 Å². The monoisotopic (exact) mass is 573 g/mol. The molecular formula is C31H47NO7Si. The van der Waals surface area contributed by atoms with E-state index < -0.39 is 20.6 Å².